The predicted octanol–water partition coefficient (Wildman–Crippen LogP) is 5.39. The molecule has 1 N–H and O–H groups in total. The van der Waals surface area contributed by atoms with Gasteiger partial charge < -0.3 is 10.0 Å². The summed E-state index contributed by atoms with van der Waals surface area (Å²) < 4.78 is 0. The number of rotatable bonds is 11. The van der Waals surface area contributed by atoms with Gasteiger partial charge in [0.15, 0.2) is 0 Å². The first-order chi connectivity index (χ1) is 13.1. The van der Waals surface area contributed by atoms with Crippen LogP contribution in [0.3, 0.4) is 0 Å². The van der Waals surface area contributed by atoms with E-state index in [1.807, 2.05) is 24.3 Å². The zero-order chi connectivity index (χ0) is 19.5. The van der Waals surface area contributed by atoms with Gasteiger partial charge in [0.25, 0.3) is 5.69 Å². The van der Waals surface area contributed by atoms with E-state index in [1.165, 1.54) is 12.1 Å². The molecule has 0 heterocycles. The third kappa shape index (κ3) is 6.79. The van der Waals surface area contributed by atoms with Gasteiger partial charge in [0.2, 0.25) is 0 Å². The molecule has 0 fully saturated rings. The Hall–Kier alpha value is -2.80. The van der Waals surface area contributed by atoms with Crippen molar-refractivity contribution >= 4 is 22.7 Å². The van der Waals surface area contributed by atoms with Crippen LogP contribution in [0.25, 0.3) is 0 Å². The number of nitro benzene ring substituents is 1. The third-order valence-electron chi connectivity index (χ3n) is 4.27. The molecule has 0 radical (unpaired) electrons. The Kier molecular flexibility index (Phi) is 8.38. The van der Waals surface area contributed by atoms with Gasteiger partial charge in [0.1, 0.15) is 0 Å². The van der Waals surface area contributed by atoms with Gasteiger partial charge >= 0.3 is 0 Å². The van der Waals surface area contributed by atoms with E-state index in [4.69, 9.17) is 5.11 Å². The van der Waals surface area contributed by atoms with Crippen molar-refractivity contribution in [3.63, 3.8) is 0 Å². The van der Waals surface area contributed by atoms with Crippen molar-refractivity contribution in [1.29, 1.82) is 0 Å². The molecule has 0 saturated carbocycles. The average molecular weight is 370 g/mol. The van der Waals surface area contributed by atoms with Gasteiger partial charge in [-0.1, -0.05) is 12.8 Å². The number of nitrogens with zero attached hydrogens (tertiary/aromatic N) is 4. The minimum Gasteiger partial charge on any atom is -0.396 e. The Labute approximate surface area is 159 Å². The second-order valence-electron chi connectivity index (χ2n) is 6.21. The van der Waals surface area contributed by atoms with Crippen LogP contribution in [0.2, 0.25) is 0 Å². The summed E-state index contributed by atoms with van der Waals surface area (Å²) in [6.45, 7) is 4.33. The van der Waals surface area contributed by atoms with Crippen LogP contribution < -0.4 is 4.90 Å². The highest BCUT2D eigenvalue weighted by atomic mass is 16.6. The fourth-order valence-electron chi connectivity index (χ4n) is 2.72. The summed E-state index contributed by atoms with van der Waals surface area (Å²) in [5, 5.41) is 27.8. The van der Waals surface area contributed by atoms with Crippen LogP contribution in [0.1, 0.15) is 32.6 Å². The van der Waals surface area contributed by atoms with E-state index in [2.05, 4.69) is 22.1 Å². The molecule has 0 unspecified atom stereocenters. The van der Waals surface area contributed by atoms with Crippen molar-refractivity contribution in [2.24, 2.45) is 10.2 Å². The molecule has 0 bridgehead atoms. The zero-order valence-corrected chi connectivity index (χ0v) is 15.6. The van der Waals surface area contributed by atoms with Gasteiger partial charge in [0, 0.05) is 37.5 Å². The number of hydrogen-bond acceptors (Lipinski definition) is 6. The molecular formula is C20H26N4O3. The lowest BCUT2D eigenvalue weighted by atomic mass is 10.2. The molecule has 144 valence electrons. The summed E-state index contributed by atoms with van der Waals surface area (Å²) in [4.78, 5) is 12.5. The lowest BCUT2D eigenvalue weighted by Crippen LogP contribution is -2.23. The molecule has 0 aliphatic carbocycles. The molecule has 2 aromatic carbocycles. The van der Waals surface area contributed by atoms with Gasteiger partial charge in [-0.15, -0.1) is 0 Å². The second kappa shape index (κ2) is 11.0. The number of nitro groups is 1. The van der Waals surface area contributed by atoms with E-state index in [0.29, 0.717) is 5.69 Å². The summed E-state index contributed by atoms with van der Waals surface area (Å²) in [5.74, 6) is 0. The smallest absolute Gasteiger partial charge is 0.269 e. The normalized spacial score (nSPS) is 11.0. The summed E-state index contributed by atoms with van der Waals surface area (Å²) in [6, 6.07) is 13.9. The van der Waals surface area contributed by atoms with Crippen molar-refractivity contribution in [2.75, 3.05) is 24.6 Å². The molecule has 0 aliphatic heterocycles. The lowest BCUT2D eigenvalue weighted by molar-refractivity contribution is -0.384. The molecule has 7 nitrogen and oxygen atoms in total. The Morgan fingerprint density at radius 2 is 1.48 bits per heavy atom. The van der Waals surface area contributed by atoms with Crippen LogP contribution in [-0.4, -0.2) is 29.7 Å². The van der Waals surface area contributed by atoms with Gasteiger partial charge in [-0.3, -0.25) is 10.1 Å². The molecular weight excluding hydrogens is 344 g/mol. The van der Waals surface area contributed by atoms with E-state index in [-0.39, 0.29) is 12.3 Å². The number of non-ortho nitro benzene ring substituents is 1. The van der Waals surface area contributed by atoms with Crippen molar-refractivity contribution in [3.05, 3.63) is 58.6 Å². The number of benzene rings is 2. The minimum absolute atomic E-state index is 0.0364. The number of unbranched alkanes of at least 4 members (excludes halogenated alkanes) is 3. The largest absolute Gasteiger partial charge is 0.396 e. The Morgan fingerprint density at radius 1 is 0.926 bits per heavy atom. The van der Waals surface area contributed by atoms with Crippen LogP contribution >= 0.6 is 0 Å². The Bertz CT molecular complexity index is 730. The van der Waals surface area contributed by atoms with Crippen molar-refractivity contribution in [1.82, 2.24) is 0 Å². The maximum absolute atomic E-state index is 10.7. The van der Waals surface area contributed by atoms with Gasteiger partial charge in [0.05, 0.1) is 16.3 Å². The predicted molar refractivity (Wildman–Crippen MR) is 107 cm³/mol. The first-order valence-corrected chi connectivity index (χ1v) is 9.26. The molecule has 0 aliphatic rings. The maximum Gasteiger partial charge on any atom is 0.269 e. The molecule has 7 heteroatoms. The fraction of sp³-hybridized carbons (Fsp3) is 0.400. The number of hydrogen-bond donors (Lipinski definition) is 1. The minimum atomic E-state index is -0.439. The highest BCUT2D eigenvalue weighted by molar-refractivity contribution is 5.53. The molecule has 0 atom stereocenters. The van der Waals surface area contributed by atoms with Crippen LogP contribution in [0, 0.1) is 10.1 Å². The van der Waals surface area contributed by atoms with Gasteiger partial charge in [-0.2, -0.15) is 10.2 Å². The van der Waals surface area contributed by atoms with Crippen molar-refractivity contribution < 1.29 is 10.0 Å². The molecule has 0 amide bonds. The molecule has 2 rings (SSSR count). The summed E-state index contributed by atoms with van der Waals surface area (Å²) in [5.41, 5.74) is 2.49. The molecule has 0 spiro atoms. The highest BCUT2D eigenvalue weighted by Crippen LogP contribution is 2.24. The molecule has 27 heavy (non-hydrogen) atoms. The average Bonchev–Trinajstić information content (AvgIpc) is 2.70. The number of azo groups is 1. The summed E-state index contributed by atoms with van der Waals surface area (Å²) in [7, 11) is 0. The van der Waals surface area contributed by atoms with Crippen LogP contribution in [0.15, 0.2) is 58.8 Å². The monoisotopic (exact) mass is 370 g/mol. The van der Waals surface area contributed by atoms with E-state index in [1.54, 1.807) is 12.1 Å². The van der Waals surface area contributed by atoms with Gasteiger partial charge in [-0.25, -0.2) is 0 Å². The quantitative estimate of drug-likeness (QED) is 0.248. The van der Waals surface area contributed by atoms with Crippen LogP contribution in [-0.2, 0) is 0 Å². The van der Waals surface area contributed by atoms with E-state index < -0.39 is 4.92 Å². The molecule has 0 saturated heterocycles. The van der Waals surface area contributed by atoms with E-state index >= 15 is 0 Å². The van der Waals surface area contributed by atoms with E-state index in [0.717, 1.165) is 50.1 Å². The Morgan fingerprint density at radius 3 is 2.00 bits per heavy atom. The van der Waals surface area contributed by atoms with Crippen molar-refractivity contribution in [2.45, 2.75) is 32.6 Å². The van der Waals surface area contributed by atoms with Gasteiger partial charge in [-0.05, 0) is 56.2 Å². The number of aliphatic hydroxyl groups excluding tert-OH is 1. The standard InChI is InChI=1S/C20H26N4O3/c1-2-23(15-5-3-4-6-16-25)19-11-7-17(8-12-19)21-22-18-9-13-20(14-10-18)24(26)27/h7-14,25H,2-6,15-16H2,1H3. The first-order valence-electron chi connectivity index (χ1n) is 9.26. The van der Waals surface area contributed by atoms with Crippen LogP contribution in [0.5, 0.6) is 0 Å². The second-order valence-corrected chi connectivity index (χ2v) is 6.21. The lowest BCUT2D eigenvalue weighted by Gasteiger charge is -2.23. The maximum atomic E-state index is 10.7. The number of anilines is 1. The Balaban J connectivity index is 1.91. The highest BCUT2D eigenvalue weighted by Gasteiger charge is 2.05. The topological polar surface area (TPSA) is 91.3 Å². The SMILES string of the molecule is CCN(CCCCCCO)c1ccc(N=Nc2ccc([N+](=O)[O-])cc2)cc1. The summed E-state index contributed by atoms with van der Waals surface area (Å²) in [6.07, 6.45) is 4.17. The zero-order valence-electron chi connectivity index (χ0n) is 15.6. The molecule has 0 aromatic heterocycles. The first kappa shape index (κ1) is 20.5. The number of aliphatic hydroxyl groups is 1. The van der Waals surface area contributed by atoms with Crippen LogP contribution in [0.4, 0.5) is 22.7 Å². The summed E-state index contributed by atoms with van der Waals surface area (Å²) >= 11 is 0. The fourth-order valence-corrected chi connectivity index (χ4v) is 2.72. The third-order valence-corrected chi connectivity index (χ3v) is 4.27. The van der Waals surface area contributed by atoms with E-state index in [9.17, 15) is 10.1 Å². The van der Waals surface area contributed by atoms with Crippen molar-refractivity contribution in [3.8, 4) is 0 Å². The molecule has 2 aromatic rings.